The van der Waals surface area contributed by atoms with Gasteiger partial charge in [-0.2, -0.15) is 0 Å². The highest BCUT2D eigenvalue weighted by atomic mass is 32.1. The SMILES string of the molecule is NC(=O)c1sc(N2CCCCC2)nc1N. The molecule has 0 aliphatic carbocycles. The van der Waals surface area contributed by atoms with Crippen molar-refractivity contribution in [2.45, 2.75) is 19.3 Å². The molecular formula is C9H14N4OS. The predicted molar refractivity (Wildman–Crippen MR) is 61.1 cm³/mol. The smallest absolute Gasteiger partial charge is 0.262 e. The highest BCUT2D eigenvalue weighted by Gasteiger charge is 2.19. The zero-order chi connectivity index (χ0) is 10.8. The standard InChI is InChI=1S/C9H14N4OS/c10-7-6(8(11)14)15-9(12-7)13-4-2-1-3-5-13/h1-5,10H2,(H2,11,14). The molecule has 5 nitrogen and oxygen atoms in total. The van der Waals surface area contributed by atoms with Gasteiger partial charge in [0.05, 0.1) is 0 Å². The zero-order valence-electron chi connectivity index (χ0n) is 8.40. The summed E-state index contributed by atoms with van der Waals surface area (Å²) >= 11 is 1.29. The van der Waals surface area contributed by atoms with E-state index in [4.69, 9.17) is 11.5 Å². The second-order valence-corrected chi connectivity index (χ2v) is 4.60. The van der Waals surface area contributed by atoms with E-state index in [-0.39, 0.29) is 5.82 Å². The summed E-state index contributed by atoms with van der Waals surface area (Å²) in [6.45, 7) is 1.98. The van der Waals surface area contributed by atoms with Gasteiger partial charge in [-0.25, -0.2) is 4.98 Å². The van der Waals surface area contributed by atoms with E-state index in [0.717, 1.165) is 18.2 Å². The molecule has 82 valence electrons. The summed E-state index contributed by atoms with van der Waals surface area (Å²) in [5.74, 6) is -0.235. The molecule has 2 heterocycles. The number of nitrogens with two attached hydrogens (primary N) is 2. The first-order valence-electron chi connectivity index (χ1n) is 4.99. The molecule has 0 radical (unpaired) electrons. The van der Waals surface area contributed by atoms with Crippen molar-refractivity contribution in [3.05, 3.63) is 4.88 Å². The molecule has 1 aromatic rings. The highest BCUT2D eigenvalue weighted by molar-refractivity contribution is 7.18. The van der Waals surface area contributed by atoms with E-state index < -0.39 is 5.91 Å². The molecule has 1 aliphatic heterocycles. The first-order chi connectivity index (χ1) is 7.18. The molecule has 1 saturated heterocycles. The van der Waals surface area contributed by atoms with Crippen LogP contribution in [0.3, 0.4) is 0 Å². The van der Waals surface area contributed by atoms with Gasteiger partial charge in [0.25, 0.3) is 5.91 Å². The maximum absolute atomic E-state index is 11.0. The molecular weight excluding hydrogens is 212 g/mol. The second-order valence-electron chi connectivity index (χ2n) is 3.62. The van der Waals surface area contributed by atoms with Crippen molar-refractivity contribution >= 4 is 28.2 Å². The zero-order valence-corrected chi connectivity index (χ0v) is 9.22. The summed E-state index contributed by atoms with van der Waals surface area (Å²) in [6.07, 6.45) is 3.61. The summed E-state index contributed by atoms with van der Waals surface area (Å²) in [5, 5.41) is 0.820. The highest BCUT2D eigenvalue weighted by Crippen LogP contribution is 2.29. The van der Waals surface area contributed by atoms with Gasteiger partial charge in [-0.1, -0.05) is 11.3 Å². The van der Waals surface area contributed by atoms with Gasteiger partial charge in [0.1, 0.15) is 10.7 Å². The van der Waals surface area contributed by atoms with E-state index >= 15 is 0 Å². The number of piperidine rings is 1. The molecule has 0 saturated carbocycles. The van der Waals surface area contributed by atoms with Gasteiger partial charge >= 0.3 is 0 Å². The van der Waals surface area contributed by atoms with Crippen LogP contribution in [0.2, 0.25) is 0 Å². The summed E-state index contributed by atoms with van der Waals surface area (Å²) in [5.41, 5.74) is 10.8. The van der Waals surface area contributed by atoms with Crippen LogP contribution in [0.5, 0.6) is 0 Å². The maximum Gasteiger partial charge on any atom is 0.262 e. The number of amides is 1. The van der Waals surface area contributed by atoms with E-state index in [2.05, 4.69) is 9.88 Å². The van der Waals surface area contributed by atoms with Crippen LogP contribution in [0.15, 0.2) is 0 Å². The second kappa shape index (κ2) is 4.06. The van der Waals surface area contributed by atoms with Crippen LogP contribution >= 0.6 is 11.3 Å². The Balaban J connectivity index is 2.21. The molecule has 1 aromatic heterocycles. The molecule has 0 atom stereocenters. The number of rotatable bonds is 2. The Morgan fingerprint density at radius 1 is 1.33 bits per heavy atom. The topological polar surface area (TPSA) is 85.2 Å². The molecule has 1 aliphatic rings. The van der Waals surface area contributed by atoms with Crippen molar-refractivity contribution in [1.29, 1.82) is 0 Å². The Morgan fingerprint density at radius 3 is 2.53 bits per heavy atom. The monoisotopic (exact) mass is 226 g/mol. The molecule has 0 spiro atoms. The normalized spacial score (nSPS) is 16.7. The van der Waals surface area contributed by atoms with Crippen LogP contribution in [-0.2, 0) is 0 Å². The minimum atomic E-state index is -0.492. The Hall–Kier alpha value is -1.30. The largest absolute Gasteiger partial charge is 0.382 e. The first kappa shape index (κ1) is 10.2. The van der Waals surface area contributed by atoms with Gasteiger partial charge < -0.3 is 16.4 Å². The van der Waals surface area contributed by atoms with Crippen LogP contribution < -0.4 is 16.4 Å². The average molecular weight is 226 g/mol. The minimum Gasteiger partial charge on any atom is -0.382 e. The van der Waals surface area contributed by atoms with Gasteiger partial charge in [0.2, 0.25) is 0 Å². The third-order valence-electron chi connectivity index (χ3n) is 2.49. The van der Waals surface area contributed by atoms with Crippen molar-refractivity contribution in [2.75, 3.05) is 23.7 Å². The van der Waals surface area contributed by atoms with Gasteiger partial charge in [-0.05, 0) is 19.3 Å². The fourth-order valence-electron chi connectivity index (χ4n) is 1.72. The molecule has 15 heavy (non-hydrogen) atoms. The van der Waals surface area contributed by atoms with Gasteiger partial charge in [-0.15, -0.1) is 0 Å². The van der Waals surface area contributed by atoms with Crippen LogP contribution in [0.25, 0.3) is 0 Å². The molecule has 4 N–H and O–H groups in total. The van der Waals surface area contributed by atoms with E-state index in [1.807, 2.05) is 0 Å². The van der Waals surface area contributed by atoms with Gasteiger partial charge in [0, 0.05) is 13.1 Å². The van der Waals surface area contributed by atoms with Crippen LogP contribution in [0.1, 0.15) is 28.9 Å². The van der Waals surface area contributed by atoms with Crippen molar-refractivity contribution in [3.63, 3.8) is 0 Å². The number of aromatic nitrogens is 1. The molecule has 0 bridgehead atoms. The van der Waals surface area contributed by atoms with Crippen molar-refractivity contribution < 1.29 is 4.79 Å². The lowest BCUT2D eigenvalue weighted by Crippen LogP contribution is -2.29. The number of hydrogen-bond donors (Lipinski definition) is 2. The number of thiazole rings is 1. The average Bonchev–Trinajstić information content (AvgIpc) is 2.62. The van der Waals surface area contributed by atoms with Crippen LogP contribution in [0, 0.1) is 0 Å². The third-order valence-corrected chi connectivity index (χ3v) is 3.64. The van der Waals surface area contributed by atoms with E-state index in [0.29, 0.717) is 4.88 Å². The Kier molecular flexibility index (Phi) is 2.77. The number of carbonyl (C=O) groups excluding carboxylic acids is 1. The summed E-state index contributed by atoms with van der Waals surface area (Å²) in [7, 11) is 0. The number of carbonyl (C=O) groups is 1. The van der Waals surface area contributed by atoms with Crippen molar-refractivity contribution in [1.82, 2.24) is 4.98 Å². The predicted octanol–water partition coefficient (Wildman–Crippen LogP) is 0.814. The minimum absolute atomic E-state index is 0.257. The maximum atomic E-state index is 11.0. The molecule has 6 heteroatoms. The number of nitrogen functional groups attached to an aromatic ring is 1. The molecule has 0 aromatic carbocycles. The summed E-state index contributed by atoms with van der Waals surface area (Å²) in [4.78, 5) is 17.7. The van der Waals surface area contributed by atoms with Crippen LogP contribution in [0.4, 0.5) is 10.9 Å². The summed E-state index contributed by atoms with van der Waals surface area (Å²) in [6, 6.07) is 0. The molecule has 0 unspecified atom stereocenters. The third kappa shape index (κ3) is 2.04. The number of nitrogens with zero attached hydrogens (tertiary/aromatic N) is 2. The van der Waals surface area contributed by atoms with E-state index in [1.54, 1.807) is 0 Å². The number of primary amides is 1. The lowest BCUT2D eigenvalue weighted by atomic mass is 10.1. The quantitative estimate of drug-likeness (QED) is 0.781. The number of hydrogen-bond acceptors (Lipinski definition) is 5. The van der Waals surface area contributed by atoms with Crippen LogP contribution in [-0.4, -0.2) is 24.0 Å². The van der Waals surface area contributed by atoms with Gasteiger partial charge in [0.15, 0.2) is 5.13 Å². The fourth-order valence-corrected chi connectivity index (χ4v) is 2.61. The molecule has 1 amide bonds. The van der Waals surface area contributed by atoms with E-state index in [9.17, 15) is 4.79 Å². The van der Waals surface area contributed by atoms with Gasteiger partial charge in [-0.3, -0.25) is 4.79 Å². The van der Waals surface area contributed by atoms with Crippen molar-refractivity contribution in [3.8, 4) is 0 Å². The Bertz CT molecular complexity index is 370. The lowest BCUT2D eigenvalue weighted by molar-refractivity contribution is 0.100. The number of anilines is 2. The fraction of sp³-hybridized carbons (Fsp3) is 0.556. The Morgan fingerprint density at radius 2 is 2.00 bits per heavy atom. The summed E-state index contributed by atoms with van der Waals surface area (Å²) < 4.78 is 0. The molecule has 1 fully saturated rings. The van der Waals surface area contributed by atoms with E-state index in [1.165, 1.54) is 30.6 Å². The Labute approximate surface area is 92.1 Å². The lowest BCUT2D eigenvalue weighted by Gasteiger charge is -2.25. The first-order valence-corrected chi connectivity index (χ1v) is 5.81. The van der Waals surface area contributed by atoms with Crippen molar-refractivity contribution in [2.24, 2.45) is 5.73 Å². The molecule has 2 rings (SSSR count).